The first kappa shape index (κ1) is 23.9. The second-order valence-electron chi connectivity index (χ2n) is 7.96. The summed E-state index contributed by atoms with van der Waals surface area (Å²) >= 11 is 3.44. The fourth-order valence-corrected chi connectivity index (χ4v) is 4.68. The fraction of sp³-hybridized carbons (Fsp3) is 0.308. The first-order valence-corrected chi connectivity index (χ1v) is 11.9. The molecule has 0 saturated carbocycles. The molecule has 1 atom stereocenters. The van der Waals surface area contributed by atoms with Crippen LogP contribution < -0.4 is 15.2 Å². The Morgan fingerprint density at radius 2 is 2.03 bits per heavy atom. The molecule has 1 aliphatic heterocycles. The zero-order valence-corrected chi connectivity index (χ0v) is 20.6. The van der Waals surface area contributed by atoms with Crippen molar-refractivity contribution >= 4 is 27.7 Å². The average molecular weight is 528 g/mol. The number of carbonyl (C=O) groups is 2. The third-order valence-corrected chi connectivity index (χ3v) is 6.30. The third kappa shape index (κ3) is 4.82. The molecule has 34 heavy (non-hydrogen) atoms. The predicted molar refractivity (Wildman–Crippen MR) is 129 cm³/mol. The standard InChI is InChI=1S/C26H26BrNO6/c1-3-32-26(30)24-22(23-19(29)8-5-9-21(23)34-25(24)28)15-10-11-20(31-2)16(12-15)14-33-18-7-4-6-17(27)13-18/h4,6-7,10-13,22H,3,5,8-9,14,28H2,1-2H3. The van der Waals surface area contributed by atoms with Crippen LogP contribution in [0.2, 0.25) is 0 Å². The summed E-state index contributed by atoms with van der Waals surface area (Å²) in [7, 11) is 1.58. The lowest BCUT2D eigenvalue weighted by Crippen LogP contribution is -2.31. The Balaban J connectivity index is 1.76. The molecule has 4 rings (SSSR count). The molecule has 2 aromatic rings. The van der Waals surface area contributed by atoms with Crippen LogP contribution in [0, 0.1) is 0 Å². The Labute approximate surface area is 206 Å². The summed E-state index contributed by atoms with van der Waals surface area (Å²) in [6.07, 6.45) is 1.66. The number of halogens is 1. The summed E-state index contributed by atoms with van der Waals surface area (Å²) in [5.41, 5.74) is 8.27. The molecule has 7 nitrogen and oxygen atoms in total. The van der Waals surface area contributed by atoms with Crippen molar-refractivity contribution in [1.82, 2.24) is 0 Å². The highest BCUT2D eigenvalue weighted by Crippen LogP contribution is 2.44. The van der Waals surface area contributed by atoms with Crippen LogP contribution in [0.3, 0.4) is 0 Å². The summed E-state index contributed by atoms with van der Waals surface area (Å²) in [5.74, 6) is 0.475. The summed E-state index contributed by atoms with van der Waals surface area (Å²) in [5, 5.41) is 0. The lowest BCUT2D eigenvalue weighted by Gasteiger charge is -2.32. The van der Waals surface area contributed by atoms with Gasteiger partial charge in [0.2, 0.25) is 5.88 Å². The van der Waals surface area contributed by atoms with E-state index in [-0.39, 0.29) is 30.5 Å². The van der Waals surface area contributed by atoms with Crippen LogP contribution in [0.15, 0.2) is 69.7 Å². The lowest BCUT2D eigenvalue weighted by molar-refractivity contribution is -0.139. The molecular formula is C26H26BrNO6. The molecule has 0 radical (unpaired) electrons. The Hall–Kier alpha value is -3.26. The van der Waals surface area contributed by atoms with Gasteiger partial charge in [0.05, 0.1) is 19.6 Å². The molecule has 1 aliphatic carbocycles. The number of nitrogens with two attached hydrogens (primary N) is 1. The second kappa shape index (κ2) is 10.3. The highest BCUT2D eigenvalue weighted by Gasteiger charge is 2.41. The van der Waals surface area contributed by atoms with Gasteiger partial charge in [-0.25, -0.2) is 4.79 Å². The highest BCUT2D eigenvalue weighted by molar-refractivity contribution is 9.10. The van der Waals surface area contributed by atoms with Gasteiger partial charge in [0, 0.05) is 28.5 Å². The van der Waals surface area contributed by atoms with Gasteiger partial charge in [0.15, 0.2) is 5.78 Å². The van der Waals surface area contributed by atoms with Crippen molar-refractivity contribution in [3.05, 3.63) is 80.9 Å². The minimum Gasteiger partial charge on any atom is -0.496 e. The summed E-state index contributed by atoms with van der Waals surface area (Å²) in [6.45, 7) is 2.12. The molecule has 2 aliphatic rings. The quantitative estimate of drug-likeness (QED) is 0.511. The Morgan fingerprint density at radius 3 is 2.76 bits per heavy atom. The minimum absolute atomic E-state index is 0.0281. The molecule has 1 heterocycles. The Bertz CT molecular complexity index is 1190. The zero-order valence-electron chi connectivity index (χ0n) is 19.1. The fourth-order valence-electron chi connectivity index (χ4n) is 4.31. The second-order valence-corrected chi connectivity index (χ2v) is 8.88. The van der Waals surface area contributed by atoms with E-state index in [1.165, 1.54) is 0 Å². The van der Waals surface area contributed by atoms with E-state index in [1.54, 1.807) is 20.1 Å². The molecule has 0 bridgehead atoms. The van der Waals surface area contributed by atoms with Gasteiger partial charge in [-0.15, -0.1) is 0 Å². The van der Waals surface area contributed by atoms with Crippen molar-refractivity contribution in [1.29, 1.82) is 0 Å². The van der Waals surface area contributed by atoms with E-state index >= 15 is 0 Å². The van der Waals surface area contributed by atoms with Crippen LogP contribution >= 0.6 is 15.9 Å². The number of hydrogen-bond acceptors (Lipinski definition) is 7. The monoisotopic (exact) mass is 527 g/mol. The van der Waals surface area contributed by atoms with Crippen LogP contribution in [0.1, 0.15) is 43.2 Å². The van der Waals surface area contributed by atoms with Gasteiger partial charge >= 0.3 is 5.97 Å². The van der Waals surface area contributed by atoms with Gasteiger partial charge < -0.3 is 24.7 Å². The summed E-state index contributed by atoms with van der Waals surface area (Å²) in [4.78, 5) is 25.9. The number of allylic oxidation sites excluding steroid dienone is 2. The SMILES string of the molecule is CCOC(=O)C1=C(N)OC2=C(C(=O)CCC2)C1c1ccc(OC)c(COc2cccc(Br)c2)c1. The number of ether oxygens (including phenoxy) is 4. The number of carbonyl (C=O) groups excluding carboxylic acids is 2. The molecule has 0 fully saturated rings. The van der Waals surface area contributed by atoms with Crippen molar-refractivity contribution in [3.8, 4) is 11.5 Å². The largest absolute Gasteiger partial charge is 0.496 e. The number of hydrogen-bond donors (Lipinski definition) is 1. The van der Waals surface area contributed by atoms with Crippen LogP contribution in [0.5, 0.6) is 11.5 Å². The van der Waals surface area contributed by atoms with E-state index < -0.39 is 11.9 Å². The first-order valence-electron chi connectivity index (χ1n) is 11.1. The number of esters is 1. The van der Waals surface area contributed by atoms with E-state index in [4.69, 9.17) is 24.7 Å². The molecule has 2 aromatic carbocycles. The Kier molecular flexibility index (Phi) is 7.26. The number of benzene rings is 2. The third-order valence-electron chi connectivity index (χ3n) is 5.81. The van der Waals surface area contributed by atoms with Gasteiger partial charge in [-0.2, -0.15) is 0 Å². The van der Waals surface area contributed by atoms with Gasteiger partial charge in [0.1, 0.15) is 29.4 Å². The molecular weight excluding hydrogens is 502 g/mol. The lowest BCUT2D eigenvalue weighted by atomic mass is 9.77. The maximum Gasteiger partial charge on any atom is 0.340 e. The first-order chi connectivity index (χ1) is 16.4. The molecule has 1 unspecified atom stereocenters. The van der Waals surface area contributed by atoms with E-state index in [1.807, 2.05) is 36.4 Å². The van der Waals surface area contributed by atoms with Gasteiger partial charge in [-0.3, -0.25) is 4.79 Å². The topological polar surface area (TPSA) is 97.1 Å². The van der Waals surface area contributed by atoms with Crippen molar-refractivity contribution in [2.75, 3.05) is 13.7 Å². The smallest absolute Gasteiger partial charge is 0.340 e. The summed E-state index contributed by atoms with van der Waals surface area (Å²) < 4.78 is 23.4. The van der Waals surface area contributed by atoms with Crippen molar-refractivity contribution in [3.63, 3.8) is 0 Å². The molecule has 0 saturated heterocycles. The normalized spacial score (nSPS) is 17.7. The predicted octanol–water partition coefficient (Wildman–Crippen LogP) is 4.89. The average Bonchev–Trinajstić information content (AvgIpc) is 2.82. The van der Waals surface area contributed by atoms with Crippen molar-refractivity contribution in [2.24, 2.45) is 5.73 Å². The number of rotatable bonds is 7. The van der Waals surface area contributed by atoms with Crippen LogP contribution in [-0.2, 0) is 25.7 Å². The number of Topliss-reactive ketones (excluding diaryl/α,β-unsaturated/α-hetero) is 1. The maximum absolute atomic E-state index is 13.0. The molecule has 8 heteroatoms. The Morgan fingerprint density at radius 1 is 1.21 bits per heavy atom. The van der Waals surface area contributed by atoms with Crippen molar-refractivity contribution < 1.29 is 28.5 Å². The minimum atomic E-state index is -0.689. The molecule has 0 aromatic heterocycles. The van der Waals surface area contributed by atoms with Crippen LogP contribution in [0.25, 0.3) is 0 Å². The molecule has 0 amide bonds. The van der Waals surface area contributed by atoms with E-state index in [9.17, 15) is 9.59 Å². The number of ketones is 1. The van der Waals surface area contributed by atoms with Gasteiger partial charge in [-0.05, 0) is 49.2 Å². The van der Waals surface area contributed by atoms with Crippen LogP contribution in [-0.4, -0.2) is 25.5 Å². The number of methoxy groups -OCH3 is 1. The van der Waals surface area contributed by atoms with E-state index in [0.717, 1.165) is 10.0 Å². The molecule has 178 valence electrons. The van der Waals surface area contributed by atoms with Gasteiger partial charge in [-0.1, -0.05) is 28.1 Å². The van der Waals surface area contributed by atoms with Crippen LogP contribution in [0.4, 0.5) is 0 Å². The van der Waals surface area contributed by atoms with Gasteiger partial charge in [0.25, 0.3) is 0 Å². The zero-order chi connectivity index (χ0) is 24.2. The molecule has 2 N–H and O–H groups in total. The van der Waals surface area contributed by atoms with E-state index in [2.05, 4.69) is 15.9 Å². The molecule has 0 spiro atoms. The van der Waals surface area contributed by atoms with Crippen molar-refractivity contribution in [2.45, 2.75) is 38.7 Å². The highest BCUT2D eigenvalue weighted by atomic mass is 79.9. The maximum atomic E-state index is 13.0. The summed E-state index contributed by atoms with van der Waals surface area (Å²) in [6, 6.07) is 13.0. The van der Waals surface area contributed by atoms with E-state index in [0.29, 0.717) is 47.7 Å².